The summed E-state index contributed by atoms with van der Waals surface area (Å²) in [5.41, 5.74) is 1.14. The molecule has 5 saturated heterocycles. The lowest BCUT2D eigenvalue weighted by Crippen LogP contribution is -2.67. The van der Waals surface area contributed by atoms with Crippen molar-refractivity contribution in [2.24, 2.45) is 46.3 Å². The summed E-state index contributed by atoms with van der Waals surface area (Å²) in [5.74, 6) is 0.806. The molecule has 0 amide bonds. The van der Waals surface area contributed by atoms with Gasteiger partial charge in [-0.25, -0.2) is 0 Å². The molecule has 13 N–H and O–H groups in total. The van der Waals surface area contributed by atoms with Crippen LogP contribution in [-0.4, -0.2) is 241 Å². The Bertz CT molecular complexity index is 1930. The van der Waals surface area contributed by atoms with Gasteiger partial charge in [0.1, 0.15) is 91.6 Å². The molecular weight excluding hydrogens is 993 g/mol. The van der Waals surface area contributed by atoms with Gasteiger partial charge in [0.2, 0.25) is 0 Å². The Morgan fingerprint density at radius 3 is 1.87 bits per heavy atom. The zero-order valence-electron chi connectivity index (χ0n) is 43.8. The second kappa shape index (κ2) is 23.0. The van der Waals surface area contributed by atoms with E-state index < -0.39 is 155 Å². The number of hydrogen-bond donors (Lipinski definition) is 13. The van der Waals surface area contributed by atoms with Crippen LogP contribution in [0.3, 0.4) is 0 Å². The minimum atomic E-state index is -1.85. The number of methoxy groups -OCH3 is 1. The van der Waals surface area contributed by atoms with Crippen LogP contribution >= 0.6 is 0 Å². The molecule has 31 atom stereocenters. The molecule has 3 saturated carbocycles. The highest BCUT2D eigenvalue weighted by Crippen LogP contribution is 2.70. The fourth-order valence-corrected chi connectivity index (χ4v) is 15.3. The third-order valence-electron chi connectivity index (χ3n) is 19.8. The van der Waals surface area contributed by atoms with Gasteiger partial charge in [0, 0.05) is 19.4 Å². The maximum absolute atomic E-state index is 12.1. The topological polar surface area (TPSA) is 355 Å². The number of aliphatic hydroxyl groups is 13. The van der Waals surface area contributed by atoms with Gasteiger partial charge in [-0.05, 0) is 98.7 Å². The lowest BCUT2D eigenvalue weighted by Gasteiger charge is -2.58. The zero-order valence-corrected chi connectivity index (χ0v) is 43.8. The predicted molar refractivity (Wildman–Crippen MR) is 255 cm³/mol. The molecule has 0 spiro atoms. The van der Waals surface area contributed by atoms with Crippen LogP contribution in [-0.2, 0) is 47.4 Å². The van der Waals surface area contributed by atoms with E-state index in [1.165, 1.54) is 12.5 Å². The number of allylic oxidation sites excluding steroid dienone is 1. The molecule has 4 aliphatic carbocycles. The molecule has 23 heteroatoms. The second-order valence-corrected chi connectivity index (χ2v) is 24.0. The van der Waals surface area contributed by atoms with E-state index in [9.17, 15) is 66.4 Å². The van der Waals surface area contributed by atoms with Crippen LogP contribution in [0.5, 0.6) is 0 Å². The molecule has 9 rings (SSSR count). The first-order chi connectivity index (χ1) is 35.6. The molecule has 0 aromatic carbocycles. The van der Waals surface area contributed by atoms with Gasteiger partial charge >= 0.3 is 0 Å². The normalized spacial score (nSPS) is 54.3. The standard InChI is InChI=1S/C52H86O23/c1-21(20-67-46-40(62)38(60)35(57)30(17-53)70-46)9-14-52(66-6)22(2)33-29(75-52)16-28-26-8-7-24-15-25(10-12-50(24,4)27(26)11-13-51(28,33)5)69-49-45(74-47-41(63)37(59)34(56)23(3)68-47)43(65)44(32(19-55)72-49)73-48-42(64)39(61)36(58)31(18-54)71-48/h7,21-23,25-49,53-65H,8-20H2,1-6H3. The number of rotatable bonds is 16. The Hall–Kier alpha value is -1.18. The van der Waals surface area contributed by atoms with E-state index in [-0.39, 0.29) is 41.3 Å². The molecule has 9 aliphatic rings. The summed E-state index contributed by atoms with van der Waals surface area (Å²) < 4.78 is 61.3. The van der Waals surface area contributed by atoms with Crippen LogP contribution in [0.2, 0.25) is 0 Å². The second-order valence-electron chi connectivity index (χ2n) is 24.0. The van der Waals surface area contributed by atoms with Gasteiger partial charge in [0.15, 0.2) is 30.9 Å². The highest BCUT2D eigenvalue weighted by Gasteiger charge is 2.68. The fourth-order valence-electron chi connectivity index (χ4n) is 15.3. The van der Waals surface area contributed by atoms with Gasteiger partial charge in [-0.15, -0.1) is 0 Å². The summed E-state index contributed by atoms with van der Waals surface area (Å²) in [7, 11) is 1.71. The largest absolute Gasteiger partial charge is 0.394 e. The van der Waals surface area contributed by atoms with Crippen LogP contribution in [0.4, 0.5) is 0 Å². The molecule has 5 heterocycles. The van der Waals surface area contributed by atoms with Gasteiger partial charge in [0.25, 0.3) is 0 Å². The van der Waals surface area contributed by atoms with Crippen molar-refractivity contribution in [3.63, 3.8) is 0 Å². The van der Waals surface area contributed by atoms with Gasteiger partial charge < -0.3 is 114 Å². The quantitative estimate of drug-likeness (QED) is 0.0720. The third kappa shape index (κ3) is 10.5. The Morgan fingerprint density at radius 1 is 0.640 bits per heavy atom. The molecular formula is C52H86O23. The van der Waals surface area contributed by atoms with Crippen molar-refractivity contribution in [3.05, 3.63) is 11.6 Å². The number of hydrogen-bond acceptors (Lipinski definition) is 23. The zero-order chi connectivity index (χ0) is 54.2. The van der Waals surface area contributed by atoms with Crippen molar-refractivity contribution in [2.75, 3.05) is 33.5 Å². The minimum Gasteiger partial charge on any atom is -0.394 e. The van der Waals surface area contributed by atoms with Crippen molar-refractivity contribution in [1.29, 1.82) is 0 Å². The van der Waals surface area contributed by atoms with Crippen LogP contribution in [0.15, 0.2) is 11.6 Å². The fraction of sp³-hybridized carbons (Fsp3) is 0.962. The number of fused-ring (bicyclic) bond motifs is 7. The Morgan fingerprint density at radius 2 is 1.23 bits per heavy atom. The van der Waals surface area contributed by atoms with E-state index in [2.05, 4.69) is 26.8 Å². The first-order valence-corrected chi connectivity index (χ1v) is 27.3. The molecule has 31 unspecified atom stereocenters. The summed E-state index contributed by atoms with van der Waals surface area (Å²) in [4.78, 5) is 0. The summed E-state index contributed by atoms with van der Waals surface area (Å²) in [6.07, 6.45) is -21.1. The molecule has 432 valence electrons. The van der Waals surface area contributed by atoms with Crippen LogP contribution in [0, 0.1) is 46.3 Å². The van der Waals surface area contributed by atoms with E-state index >= 15 is 0 Å². The molecule has 0 bridgehead atoms. The summed E-state index contributed by atoms with van der Waals surface area (Å²) >= 11 is 0. The van der Waals surface area contributed by atoms with Gasteiger partial charge in [0.05, 0.1) is 44.7 Å². The summed E-state index contributed by atoms with van der Waals surface area (Å²) in [5, 5.41) is 137. The summed E-state index contributed by atoms with van der Waals surface area (Å²) in [6, 6.07) is 0. The van der Waals surface area contributed by atoms with Crippen LogP contribution < -0.4 is 0 Å². The van der Waals surface area contributed by atoms with Crippen LogP contribution in [0.1, 0.15) is 92.4 Å². The van der Waals surface area contributed by atoms with Crippen molar-refractivity contribution in [1.82, 2.24) is 0 Å². The van der Waals surface area contributed by atoms with E-state index in [4.69, 9.17) is 47.4 Å². The number of ether oxygens (including phenoxy) is 10. The molecule has 8 fully saturated rings. The third-order valence-corrected chi connectivity index (χ3v) is 19.8. The van der Waals surface area contributed by atoms with Crippen LogP contribution in [0.25, 0.3) is 0 Å². The summed E-state index contributed by atoms with van der Waals surface area (Å²) in [6.45, 7) is 8.76. The molecule has 23 nitrogen and oxygen atoms in total. The molecule has 0 aromatic rings. The monoisotopic (exact) mass is 1080 g/mol. The van der Waals surface area contributed by atoms with Crippen molar-refractivity contribution >= 4 is 0 Å². The smallest absolute Gasteiger partial charge is 0.187 e. The molecule has 75 heavy (non-hydrogen) atoms. The number of aliphatic hydroxyl groups excluding tert-OH is 13. The van der Waals surface area contributed by atoms with Crippen molar-refractivity contribution in [3.8, 4) is 0 Å². The SMILES string of the molecule is COC1(CCC(C)COC2OC(CO)C(O)C(O)C2O)OC2CC3C4CC=C5CC(OC6OC(CO)C(OC7OC(CO)C(O)C(O)C7O)C(O)C6OC6OC(C)C(O)C(O)C6O)CCC5(C)C4CCC3(C)C2C1C. The van der Waals surface area contributed by atoms with Gasteiger partial charge in [-0.1, -0.05) is 39.3 Å². The van der Waals surface area contributed by atoms with E-state index in [0.29, 0.717) is 43.4 Å². The average Bonchev–Trinajstić information content (AvgIpc) is 3.86. The van der Waals surface area contributed by atoms with Crippen molar-refractivity contribution < 1.29 is 114 Å². The van der Waals surface area contributed by atoms with Gasteiger partial charge in [-0.2, -0.15) is 0 Å². The minimum absolute atomic E-state index is 0.00195. The van der Waals surface area contributed by atoms with E-state index in [1.807, 2.05) is 6.92 Å². The van der Waals surface area contributed by atoms with E-state index in [0.717, 1.165) is 32.1 Å². The molecule has 5 aliphatic heterocycles. The van der Waals surface area contributed by atoms with Gasteiger partial charge in [-0.3, -0.25) is 0 Å². The first-order valence-electron chi connectivity index (χ1n) is 27.3. The molecule has 0 radical (unpaired) electrons. The highest BCUT2D eigenvalue weighted by molar-refractivity contribution is 5.26. The predicted octanol–water partition coefficient (Wildman–Crippen LogP) is -2.35. The maximum atomic E-state index is 12.1. The first kappa shape index (κ1) is 58.5. The lowest BCUT2D eigenvalue weighted by atomic mass is 9.47. The average molecular weight is 1080 g/mol. The molecule has 0 aromatic heterocycles. The van der Waals surface area contributed by atoms with E-state index in [1.54, 1.807) is 7.11 Å². The highest BCUT2D eigenvalue weighted by atomic mass is 16.8. The lowest BCUT2D eigenvalue weighted by molar-refractivity contribution is -0.389. The van der Waals surface area contributed by atoms with Crippen molar-refractivity contribution in [2.45, 2.75) is 233 Å². The Balaban J connectivity index is 0.856. The Kier molecular flexibility index (Phi) is 17.9. The Labute approximate surface area is 437 Å². The maximum Gasteiger partial charge on any atom is 0.187 e.